The summed E-state index contributed by atoms with van der Waals surface area (Å²) in [6, 6.07) is 9.87. The maximum atomic E-state index is 10.3. The molecule has 2 rings (SSSR count). The third-order valence-corrected chi connectivity index (χ3v) is 3.16. The molecule has 1 aliphatic heterocycles. The van der Waals surface area contributed by atoms with Crippen LogP contribution in [0.25, 0.3) is 0 Å². The lowest BCUT2D eigenvalue weighted by Gasteiger charge is -2.25. The fourth-order valence-corrected chi connectivity index (χ4v) is 2.10. The number of aliphatic hydroxyl groups excluding tert-OH is 1. The molecule has 3 heteroatoms. The van der Waals surface area contributed by atoms with Gasteiger partial charge in [0.15, 0.2) is 0 Å². The zero-order valence-corrected chi connectivity index (χ0v) is 9.31. The van der Waals surface area contributed by atoms with E-state index in [9.17, 15) is 10.4 Å². The van der Waals surface area contributed by atoms with Crippen LogP contribution in [-0.4, -0.2) is 18.3 Å². The average molecular weight is 217 g/mol. The highest BCUT2D eigenvalue weighted by Gasteiger charge is 2.42. The van der Waals surface area contributed by atoms with Crippen LogP contribution in [0.3, 0.4) is 0 Å². The van der Waals surface area contributed by atoms with Crippen molar-refractivity contribution in [2.45, 2.75) is 19.4 Å². The highest BCUT2D eigenvalue weighted by molar-refractivity contribution is 5.27. The maximum Gasteiger partial charge on any atom is 0.113 e. The van der Waals surface area contributed by atoms with Gasteiger partial charge in [-0.2, -0.15) is 5.26 Å². The van der Waals surface area contributed by atoms with Crippen molar-refractivity contribution in [3.63, 3.8) is 0 Å². The number of rotatable bonds is 2. The quantitative estimate of drug-likeness (QED) is 0.823. The summed E-state index contributed by atoms with van der Waals surface area (Å²) in [5.74, 6) is 0. The second-order valence-electron chi connectivity index (χ2n) is 4.39. The minimum Gasteiger partial charge on any atom is -0.387 e. The van der Waals surface area contributed by atoms with Crippen molar-refractivity contribution in [2.75, 3.05) is 13.2 Å². The zero-order valence-electron chi connectivity index (χ0n) is 9.31. The van der Waals surface area contributed by atoms with Crippen LogP contribution in [0, 0.1) is 23.7 Å². The van der Waals surface area contributed by atoms with Gasteiger partial charge in [-0.05, 0) is 18.9 Å². The predicted molar refractivity (Wildman–Crippen MR) is 59.6 cm³/mol. The van der Waals surface area contributed by atoms with Crippen molar-refractivity contribution in [1.29, 1.82) is 5.26 Å². The standard InChI is InChI=1S/C13H15NO2/c1-10-3-2-4-11(7-10)12(15)13(8-14)5-6-16-9-13/h2-4,7,12,15H,5-6,9H2,1H3. The van der Waals surface area contributed by atoms with Crippen LogP contribution in [0.1, 0.15) is 23.7 Å². The van der Waals surface area contributed by atoms with Crippen molar-refractivity contribution in [3.05, 3.63) is 35.4 Å². The molecule has 1 saturated heterocycles. The minimum atomic E-state index is -0.770. The first kappa shape index (κ1) is 11.1. The normalized spacial score (nSPS) is 26.3. The van der Waals surface area contributed by atoms with Gasteiger partial charge in [0.1, 0.15) is 5.41 Å². The molecular formula is C13H15NO2. The molecule has 0 spiro atoms. The van der Waals surface area contributed by atoms with Gasteiger partial charge < -0.3 is 9.84 Å². The van der Waals surface area contributed by atoms with E-state index < -0.39 is 11.5 Å². The summed E-state index contributed by atoms with van der Waals surface area (Å²) >= 11 is 0. The molecular weight excluding hydrogens is 202 g/mol. The maximum absolute atomic E-state index is 10.3. The van der Waals surface area contributed by atoms with Crippen LogP contribution in [0.15, 0.2) is 24.3 Å². The van der Waals surface area contributed by atoms with Gasteiger partial charge in [-0.1, -0.05) is 29.8 Å². The molecule has 1 heterocycles. The fourth-order valence-electron chi connectivity index (χ4n) is 2.10. The van der Waals surface area contributed by atoms with Gasteiger partial charge in [0, 0.05) is 6.61 Å². The van der Waals surface area contributed by atoms with Crippen LogP contribution in [0.2, 0.25) is 0 Å². The Labute approximate surface area is 95.3 Å². The third-order valence-electron chi connectivity index (χ3n) is 3.16. The monoisotopic (exact) mass is 217 g/mol. The van der Waals surface area contributed by atoms with Crippen LogP contribution in [0.4, 0.5) is 0 Å². The van der Waals surface area contributed by atoms with Crippen molar-refractivity contribution < 1.29 is 9.84 Å². The van der Waals surface area contributed by atoms with E-state index in [1.54, 1.807) is 0 Å². The number of aryl methyl sites for hydroxylation is 1. The van der Waals surface area contributed by atoms with E-state index >= 15 is 0 Å². The van der Waals surface area contributed by atoms with E-state index in [1.165, 1.54) is 0 Å². The van der Waals surface area contributed by atoms with Gasteiger partial charge in [0.25, 0.3) is 0 Å². The van der Waals surface area contributed by atoms with Crippen molar-refractivity contribution in [2.24, 2.45) is 5.41 Å². The molecule has 0 aliphatic carbocycles. The van der Waals surface area contributed by atoms with Crippen LogP contribution in [-0.2, 0) is 4.74 Å². The first-order valence-electron chi connectivity index (χ1n) is 5.41. The lowest BCUT2D eigenvalue weighted by atomic mass is 9.79. The second kappa shape index (κ2) is 4.25. The zero-order chi connectivity index (χ0) is 11.6. The summed E-state index contributed by atoms with van der Waals surface area (Å²) in [5, 5.41) is 19.5. The van der Waals surface area contributed by atoms with E-state index in [0.717, 1.165) is 11.1 Å². The number of ether oxygens (including phenoxy) is 1. The number of benzene rings is 1. The van der Waals surface area contributed by atoms with Crippen LogP contribution < -0.4 is 0 Å². The van der Waals surface area contributed by atoms with Gasteiger partial charge >= 0.3 is 0 Å². The molecule has 1 N–H and O–H groups in total. The third kappa shape index (κ3) is 1.82. The van der Waals surface area contributed by atoms with Crippen molar-refractivity contribution >= 4 is 0 Å². The highest BCUT2D eigenvalue weighted by atomic mass is 16.5. The van der Waals surface area contributed by atoms with Gasteiger partial charge in [-0.15, -0.1) is 0 Å². The van der Waals surface area contributed by atoms with E-state index in [1.807, 2.05) is 31.2 Å². The molecule has 16 heavy (non-hydrogen) atoms. The fraction of sp³-hybridized carbons (Fsp3) is 0.462. The van der Waals surface area contributed by atoms with Crippen molar-refractivity contribution in [1.82, 2.24) is 0 Å². The number of nitriles is 1. The molecule has 1 aliphatic rings. The van der Waals surface area contributed by atoms with E-state index in [-0.39, 0.29) is 0 Å². The van der Waals surface area contributed by atoms with Crippen LogP contribution in [0.5, 0.6) is 0 Å². The SMILES string of the molecule is Cc1cccc(C(O)C2(C#N)CCOC2)c1. The lowest BCUT2D eigenvalue weighted by Crippen LogP contribution is -2.27. The summed E-state index contributed by atoms with van der Waals surface area (Å²) in [6.07, 6.45) is -0.168. The van der Waals surface area contributed by atoms with Crippen molar-refractivity contribution in [3.8, 4) is 6.07 Å². The molecule has 0 saturated carbocycles. The Bertz CT molecular complexity index is 416. The summed E-state index contributed by atoms with van der Waals surface area (Å²) in [5.41, 5.74) is 1.11. The first-order chi connectivity index (χ1) is 7.68. The second-order valence-corrected chi connectivity index (χ2v) is 4.39. The molecule has 2 atom stereocenters. The Morgan fingerprint density at radius 3 is 2.94 bits per heavy atom. The Hall–Kier alpha value is -1.37. The molecule has 1 aromatic carbocycles. The molecule has 3 nitrogen and oxygen atoms in total. The lowest BCUT2D eigenvalue weighted by molar-refractivity contribution is 0.0504. The minimum absolute atomic E-state index is 0.318. The Morgan fingerprint density at radius 2 is 2.38 bits per heavy atom. The smallest absolute Gasteiger partial charge is 0.113 e. The van der Waals surface area contributed by atoms with Gasteiger partial charge in [-0.3, -0.25) is 0 Å². The van der Waals surface area contributed by atoms with E-state index in [2.05, 4.69) is 6.07 Å². The van der Waals surface area contributed by atoms with Gasteiger partial charge in [0.2, 0.25) is 0 Å². The predicted octanol–water partition coefficient (Wildman–Crippen LogP) is 1.96. The van der Waals surface area contributed by atoms with Crippen LogP contribution >= 0.6 is 0 Å². The molecule has 0 bridgehead atoms. The summed E-state index contributed by atoms with van der Waals surface area (Å²) in [7, 11) is 0. The molecule has 1 fully saturated rings. The Morgan fingerprint density at radius 1 is 1.56 bits per heavy atom. The number of aliphatic hydroxyl groups is 1. The molecule has 1 aromatic rings. The van der Waals surface area contributed by atoms with E-state index in [4.69, 9.17) is 4.74 Å². The Kier molecular flexibility index (Phi) is 2.95. The Balaban J connectivity index is 2.31. The summed E-state index contributed by atoms with van der Waals surface area (Å²) < 4.78 is 5.24. The summed E-state index contributed by atoms with van der Waals surface area (Å²) in [4.78, 5) is 0. The molecule has 0 amide bonds. The molecule has 84 valence electrons. The highest BCUT2D eigenvalue weighted by Crippen LogP contribution is 2.40. The number of hydrogen-bond acceptors (Lipinski definition) is 3. The molecule has 0 radical (unpaired) electrons. The average Bonchev–Trinajstić information content (AvgIpc) is 2.78. The summed E-state index contributed by atoms with van der Waals surface area (Å²) in [6.45, 7) is 2.84. The number of hydrogen-bond donors (Lipinski definition) is 1. The molecule has 0 aromatic heterocycles. The first-order valence-corrected chi connectivity index (χ1v) is 5.41. The van der Waals surface area contributed by atoms with Gasteiger partial charge in [0.05, 0.1) is 18.8 Å². The molecule has 2 unspecified atom stereocenters. The van der Waals surface area contributed by atoms with E-state index in [0.29, 0.717) is 19.6 Å². The largest absolute Gasteiger partial charge is 0.387 e. The number of nitrogens with zero attached hydrogens (tertiary/aromatic N) is 1. The van der Waals surface area contributed by atoms with Gasteiger partial charge in [-0.25, -0.2) is 0 Å². The topological polar surface area (TPSA) is 53.2 Å².